The second-order valence-electron chi connectivity index (χ2n) is 8.58. The van der Waals surface area contributed by atoms with Crippen LogP contribution in [0.1, 0.15) is 56.6 Å². The Labute approximate surface area is 211 Å². The molecule has 1 saturated carbocycles. The highest BCUT2D eigenvalue weighted by atomic mass is 35.5. The summed E-state index contributed by atoms with van der Waals surface area (Å²) in [5, 5.41) is 4.08. The number of carbonyl (C=O) groups excluding carboxylic acids is 2. The molecule has 4 nitrogen and oxygen atoms in total. The summed E-state index contributed by atoms with van der Waals surface area (Å²) < 4.78 is 0. The van der Waals surface area contributed by atoms with E-state index in [1.165, 1.54) is 12.0 Å². The van der Waals surface area contributed by atoms with E-state index in [9.17, 15) is 9.59 Å². The number of amides is 2. The molecule has 0 aromatic heterocycles. The quantitative estimate of drug-likeness (QED) is 0.375. The Bertz CT molecular complexity index is 920. The van der Waals surface area contributed by atoms with Crippen molar-refractivity contribution in [2.45, 2.75) is 69.8 Å². The highest BCUT2D eigenvalue weighted by Crippen LogP contribution is 2.24. The Morgan fingerprint density at radius 2 is 1.76 bits per heavy atom. The molecule has 1 aliphatic carbocycles. The van der Waals surface area contributed by atoms with Crippen molar-refractivity contribution in [2.24, 2.45) is 0 Å². The van der Waals surface area contributed by atoms with E-state index < -0.39 is 6.04 Å². The number of benzene rings is 2. The van der Waals surface area contributed by atoms with E-state index in [4.69, 9.17) is 23.2 Å². The Kier molecular flexibility index (Phi) is 10.4. The van der Waals surface area contributed by atoms with Crippen LogP contribution >= 0.6 is 35.0 Å². The molecule has 0 heterocycles. The fourth-order valence-electron chi connectivity index (χ4n) is 4.05. The van der Waals surface area contributed by atoms with Gasteiger partial charge in [0.1, 0.15) is 6.04 Å². The molecule has 178 valence electrons. The average Bonchev–Trinajstić information content (AvgIpc) is 2.83. The minimum absolute atomic E-state index is 0.0343. The van der Waals surface area contributed by atoms with Gasteiger partial charge in [0, 0.05) is 30.5 Å². The molecule has 1 fully saturated rings. The van der Waals surface area contributed by atoms with Crippen LogP contribution in [0.3, 0.4) is 0 Å². The summed E-state index contributed by atoms with van der Waals surface area (Å²) in [6.45, 7) is 2.13. The highest BCUT2D eigenvalue weighted by molar-refractivity contribution is 7.98. The van der Waals surface area contributed by atoms with Crippen LogP contribution in [0, 0.1) is 0 Å². The van der Waals surface area contributed by atoms with Crippen molar-refractivity contribution in [2.75, 3.05) is 5.75 Å². The van der Waals surface area contributed by atoms with Gasteiger partial charge in [0.15, 0.2) is 0 Å². The standard InChI is InChI=1S/C26H32Cl2N2O2S/c1-19(26(32)29-22-10-6-3-7-11-22)30(17-21-12-13-23(27)24(28)16-21)25(31)14-15-33-18-20-8-4-2-5-9-20/h2,4-5,8-9,12-13,16,19,22H,3,6-7,10-11,14-15,17-18H2,1H3,(H,29,32). The van der Waals surface area contributed by atoms with Gasteiger partial charge in [0.25, 0.3) is 0 Å². The third kappa shape index (κ3) is 8.24. The van der Waals surface area contributed by atoms with E-state index in [2.05, 4.69) is 17.4 Å². The van der Waals surface area contributed by atoms with Crippen molar-refractivity contribution in [3.8, 4) is 0 Å². The van der Waals surface area contributed by atoms with Crippen LogP contribution in [-0.4, -0.2) is 34.6 Å². The summed E-state index contributed by atoms with van der Waals surface area (Å²) in [7, 11) is 0. The van der Waals surface area contributed by atoms with Gasteiger partial charge in [-0.3, -0.25) is 9.59 Å². The number of nitrogens with zero attached hydrogens (tertiary/aromatic N) is 1. The van der Waals surface area contributed by atoms with Gasteiger partial charge in [-0.15, -0.1) is 0 Å². The maximum Gasteiger partial charge on any atom is 0.242 e. The minimum Gasteiger partial charge on any atom is -0.352 e. The third-order valence-corrected chi connectivity index (χ3v) is 7.80. The normalized spacial score (nSPS) is 15.1. The zero-order valence-corrected chi connectivity index (χ0v) is 21.4. The van der Waals surface area contributed by atoms with Crippen LogP contribution < -0.4 is 5.32 Å². The zero-order chi connectivity index (χ0) is 23.6. The molecule has 2 aromatic rings. The van der Waals surface area contributed by atoms with E-state index in [1.54, 1.807) is 28.8 Å². The molecule has 1 atom stereocenters. The Morgan fingerprint density at radius 3 is 2.45 bits per heavy atom. The SMILES string of the molecule is CC(C(=O)NC1CCCCC1)N(Cc1ccc(Cl)c(Cl)c1)C(=O)CCSCc1ccccc1. The lowest BCUT2D eigenvalue weighted by atomic mass is 9.95. The van der Waals surface area contributed by atoms with Gasteiger partial charge < -0.3 is 10.2 Å². The van der Waals surface area contributed by atoms with Crippen molar-refractivity contribution in [1.29, 1.82) is 0 Å². The average molecular weight is 508 g/mol. The third-order valence-electron chi connectivity index (χ3n) is 6.03. The molecule has 0 aliphatic heterocycles. The zero-order valence-electron chi connectivity index (χ0n) is 19.1. The molecule has 0 spiro atoms. The van der Waals surface area contributed by atoms with Crippen LogP contribution in [0.5, 0.6) is 0 Å². The number of thioether (sulfide) groups is 1. The van der Waals surface area contributed by atoms with Crippen molar-refractivity contribution in [3.63, 3.8) is 0 Å². The van der Waals surface area contributed by atoms with Gasteiger partial charge in [-0.25, -0.2) is 0 Å². The van der Waals surface area contributed by atoms with E-state index in [1.807, 2.05) is 31.2 Å². The first-order chi connectivity index (χ1) is 15.9. The van der Waals surface area contributed by atoms with Gasteiger partial charge in [-0.2, -0.15) is 11.8 Å². The van der Waals surface area contributed by atoms with E-state index in [0.29, 0.717) is 28.8 Å². The molecule has 7 heteroatoms. The van der Waals surface area contributed by atoms with E-state index in [-0.39, 0.29) is 17.9 Å². The van der Waals surface area contributed by atoms with Crippen LogP contribution in [0.2, 0.25) is 10.0 Å². The van der Waals surface area contributed by atoms with Crippen LogP contribution in [-0.2, 0) is 21.9 Å². The minimum atomic E-state index is -0.562. The molecule has 2 amide bonds. The summed E-state index contributed by atoms with van der Waals surface area (Å²) in [6.07, 6.45) is 5.91. The molecule has 0 radical (unpaired) electrons. The topological polar surface area (TPSA) is 49.4 Å². The fourth-order valence-corrected chi connectivity index (χ4v) is 5.27. The second-order valence-corrected chi connectivity index (χ2v) is 10.5. The lowest BCUT2D eigenvalue weighted by Gasteiger charge is -2.31. The lowest BCUT2D eigenvalue weighted by molar-refractivity contribution is -0.140. The molecule has 3 rings (SSSR count). The van der Waals surface area contributed by atoms with Gasteiger partial charge in [-0.05, 0) is 43.0 Å². The number of carbonyl (C=O) groups is 2. The van der Waals surface area contributed by atoms with Gasteiger partial charge in [0.2, 0.25) is 11.8 Å². The first-order valence-electron chi connectivity index (χ1n) is 11.6. The second kappa shape index (κ2) is 13.3. The van der Waals surface area contributed by atoms with E-state index in [0.717, 1.165) is 37.0 Å². The van der Waals surface area contributed by atoms with E-state index >= 15 is 0 Å². The molecule has 1 unspecified atom stereocenters. The van der Waals surface area contributed by atoms with Crippen molar-refractivity contribution in [1.82, 2.24) is 10.2 Å². The van der Waals surface area contributed by atoms with Gasteiger partial charge in [-0.1, -0.05) is 78.9 Å². The molecule has 0 bridgehead atoms. The lowest BCUT2D eigenvalue weighted by Crippen LogP contribution is -2.50. The predicted molar refractivity (Wildman–Crippen MR) is 139 cm³/mol. The smallest absolute Gasteiger partial charge is 0.242 e. The largest absolute Gasteiger partial charge is 0.352 e. The predicted octanol–water partition coefficient (Wildman–Crippen LogP) is 6.48. The molecule has 33 heavy (non-hydrogen) atoms. The molecular formula is C26H32Cl2N2O2S. The molecule has 0 saturated heterocycles. The number of rotatable bonds is 10. The summed E-state index contributed by atoms with van der Waals surface area (Å²) in [4.78, 5) is 27.9. The molecule has 1 aliphatic rings. The number of hydrogen-bond donors (Lipinski definition) is 1. The maximum atomic E-state index is 13.2. The first kappa shape index (κ1) is 25.9. The highest BCUT2D eigenvalue weighted by Gasteiger charge is 2.28. The summed E-state index contributed by atoms with van der Waals surface area (Å²) in [5.41, 5.74) is 2.09. The monoisotopic (exact) mass is 506 g/mol. The van der Waals surface area contributed by atoms with Crippen molar-refractivity contribution in [3.05, 3.63) is 69.7 Å². The fraction of sp³-hybridized carbons (Fsp3) is 0.462. The van der Waals surface area contributed by atoms with Gasteiger partial charge >= 0.3 is 0 Å². The molecule has 1 N–H and O–H groups in total. The summed E-state index contributed by atoms with van der Waals surface area (Å²) in [6, 6.07) is 15.2. The summed E-state index contributed by atoms with van der Waals surface area (Å²) >= 11 is 14.0. The molecule has 2 aromatic carbocycles. The molecular weight excluding hydrogens is 475 g/mol. The summed E-state index contributed by atoms with van der Waals surface area (Å²) in [5.74, 6) is 1.43. The number of halogens is 2. The van der Waals surface area contributed by atoms with Crippen LogP contribution in [0.15, 0.2) is 48.5 Å². The Morgan fingerprint density at radius 1 is 1.03 bits per heavy atom. The van der Waals surface area contributed by atoms with Crippen molar-refractivity contribution < 1.29 is 9.59 Å². The first-order valence-corrected chi connectivity index (χ1v) is 13.5. The Balaban J connectivity index is 1.63. The van der Waals surface area contributed by atoms with Crippen LogP contribution in [0.25, 0.3) is 0 Å². The van der Waals surface area contributed by atoms with Crippen LogP contribution in [0.4, 0.5) is 0 Å². The number of nitrogens with one attached hydrogen (secondary N) is 1. The number of hydrogen-bond acceptors (Lipinski definition) is 3. The maximum absolute atomic E-state index is 13.2. The van der Waals surface area contributed by atoms with Gasteiger partial charge in [0.05, 0.1) is 10.0 Å². The Hall–Kier alpha value is -1.69. The van der Waals surface area contributed by atoms with Crippen molar-refractivity contribution >= 4 is 46.8 Å².